The van der Waals surface area contributed by atoms with Gasteiger partial charge in [0.05, 0.1) is 32.8 Å². The number of nitrogens with one attached hydrogen (secondary N) is 1. The van der Waals surface area contributed by atoms with Gasteiger partial charge in [-0.25, -0.2) is 0 Å². The predicted molar refractivity (Wildman–Crippen MR) is 87.5 cm³/mol. The third kappa shape index (κ3) is 3.07. The molecule has 21 heavy (non-hydrogen) atoms. The van der Waals surface area contributed by atoms with Gasteiger partial charge in [-0.1, -0.05) is 38.3 Å². The minimum atomic E-state index is 0.266. The zero-order valence-corrected chi connectivity index (χ0v) is 14.5. The van der Waals surface area contributed by atoms with Crippen LogP contribution in [0.5, 0.6) is 0 Å². The average Bonchev–Trinajstić information content (AvgIpc) is 2.45. The van der Waals surface area contributed by atoms with E-state index >= 15 is 0 Å². The molecule has 0 radical (unpaired) electrons. The molecule has 2 fully saturated rings. The molecule has 1 heterocycles. The van der Waals surface area contributed by atoms with Gasteiger partial charge in [-0.3, -0.25) is 0 Å². The summed E-state index contributed by atoms with van der Waals surface area (Å²) in [5, 5.41) is 0. The van der Waals surface area contributed by atoms with E-state index in [9.17, 15) is 0 Å². The van der Waals surface area contributed by atoms with Gasteiger partial charge in [0, 0.05) is 17.3 Å². The van der Waals surface area contributed by atoms with E-state index in [2.05, 4.69) is 34.0 Å². The molecule has 0 aromatic carbocycles. The molecule has 3 rings (SSSR count). The van der Waals surface area contributed by atoms with Crippen molar-refractivity contribution in [2.24, 2.45) is 17.3 Å². The van der Waals surface area contributed by atoms with Crippen LogP contribution >= 0.6 is 0 Å². The monoisotopic (exact) mass is 292 g/mol. The molecule has 1 saturated heterocycles. The van der Waals surface area contributed by atoms with Crippen LogP contribution in [0.2, 0.25) is 0 Å². The average molecular weight is 292 g/mol. The van der Waals surface area contributed by atoms with E-state index in [0.717, 1.165) is 5.92 Å². The summed E-state index contributed by atoms with van der Waals surface area (Å²) in [5.41, 5.74) is 2.06. The molecule has 0 aromatic heterocycles. The molecule has 1 aliphatic heterocycles. The van der Waals surface area contributed by atoms with Crippen LogP contribution in [0.1, 0.15) is 58.8 Å². The Balaban J connectivity index is 1.87. The molecule has 1 saturated carbocycles. The minimum Gasteiger partial charge on any atom is -0.373 e. The molecule has 4 atom stereocenters. The molecule has 2 nitrogen and oxygen atoms in total. The molecule has 1 N–H and O–H groups in total. The summed E-state index contributed by atoms with van der Waals surface area (Å²) in [6.07, 6.45) is 13.0. The highest BCUT2D eigenvalue weighted by Gasteiger charge is 2.49. The minimum absolute atomic E-state index is 0.266. The fourth-order valence-corrected chi connectivity index (χ4v) is 5.34. The fraction of sp³-hybridized carbons (Fsp3) is 0.895. The van der Waals surface area contributed by atoms with E-state index < -0.39 is 0 Å². The fourth-order valence-electron chi connectivity index (χ4n) is 5.34. The summed E-state index contributed by atoms with van der Waals surface area (Å²) in [7, 11) is 4.54. The third-order valence-corrected chi connectivity index (χ3v) is 5.92. The number of hydrogen-bond acceptors (Lipinski definition) is 1. The van der Waals surface area contributed by atoms with E-state index in [1.807, 2.05) is 0 Å². The van der Waals surface area contributed by atoms with Gasteiger partial charge in [-0.2, -0.15) is 0 Å². The summed E-state index contributed by atoms with van der Waals surface area (Å²) in [5.74, 6) is 1.45. The molecule has 120 valence electrons. The van der Waals surface area contributed by atoms with Gasteiger partial charge >= 0.3 is 0 Å². The topological polar surface area (TPSA) is 13.7 Å². The second-order valence-electron chi connectivity index (χ2n) is 8.60. The van der Waals surface area contributed by atoms with Crippen molar-refractivity contribution < 1.29 is 9.64 Å². The maximum Gasteiger partial charge on any atom is 0.0843 e. The number of rotatable bonds is 3. The van der Waals surface area contributed by atoms with Crippen molar-refractivity contribution in [3.8, 4) is 0 Å². The quantitative estimate of drug-likeness (QED) is 0.790. The molecule has 0 bridgehead atoms. The Labute approximate surface area is 130 Å². The Morgan fingerprint density at radius 3 is 2.57 bits per heavy atom. The van der Waals surface area contributed by atoms with Gasteiger partial charge in [0.15, 0.2) is 0 Å². The number of ether oxygens (including phenoxy) is 1. The van der Waals surface area contributed by atoms with Gasteiger partial charge in [0.2, 0.25) is 0 Å². The van der Waals surface area contributed by atoms with Crippen molar-refractivity contribution in [3.05, 3.63) is 11.6 Å². The third-order valence-electron chi connectivity index (χ3n) is 5.92. The molecular weight excluding hydrogens is 258 g/mol. The van der Waals surface area contributed by atoms with Gasteiger partial charge in [-0.15, -0.1) is 0 Å². The lowest BCUT2D eigenvalue weighted by Crippen LogP contribution is -3.07. The second-order valence-corrected chi connectivity index (χ2v) is 8.60. The Bertz CT molecular complexity index is 398. The first-order chi connectivity index (χ1) is 9.99. The van der Waals surface area contributed by atoms with Crippen molar-refractivity contribution in [3.63, 3.8) is 0 Å². The van der Waals surface area contributed by atoms with Crippen LogP contribution < -0.4 is 4.90 Å². The second kappa shape index (κ2) is 6.04. The lowest BCUT2D eigenvalue weighted by molar-refractivity contribution is -0.866. The van der Waals surface area contributed by atoms with Crippen LogP contribution in [0, 0.1) is 17.3 Å². The first-order valence-electron chi connectivity index (χ1n) is 9.13. The van der Waals surface area contributed by atoms with Crippen molar-refractivity contribution in [2.45, 2.75) is 71.0 Å². The molecular formula is C19H34NO+. The Hall–Kier alpha value is -0.340. The van der Waals surface area contributed by atoms with Crippen molar-refractivity contribution in [1.29, 1.82) is 0 Å². The molecule has 3 aliphatic rings. The first kappa shape index (κ1) is 15.6. The van der Waals surface area contributed by atoms with Crippen LogP contribution in [-0.4, -0.2) is 32.8 Å². The zero-order valence-electron chi connectivity index (χ0n) is 14.5. The Morgan fingerprint density at radius 2 is 1.81 bits per heavy atom. The van der Waals surface area contributed by atoms with E-state index in [1.165, 1.54) is 56.4 Å². The molecule has 0 aromatic rings. The van der Waals surface area contributed by atoms with E-state index in [0.29, 0.717) is 18.1 Å². The van der Waals surface area contributed by atoms with Gasteiger partial charge in [0.1, 0.15) is 0 Å². The lowest BCUT2D eigenvalue weighted by Gasteiger charge is -2.52. The molecule has 0 spiro atoms. The van der Waals surface area contributed by atoms with Crippen LogP contribution in [0.25, 0.3) is 0 Å². The Kier molecular flexibility index (Phi) is 4.47. The maximum absolute atomic E-state index is 6.77. The smallest absolute Gasteiger partial charge is 0.0843 e. The highest BCUT2D eigenvalue weighted by molar-refractivity contribution is 5.21. The highest BCUT2D eigenvalue weighted by atomic mass is 16.5. The van der Waals surface area contributed by atoms with E-state index in [-0.39, 0.29) is 5.41 Å². The summed E-state index contributed by atoms with van der Waals surface area (Å²) in [6.45, 7) is 6.05. The molecule has 0 amide bonds. The summed E-state index contributed by atoms with van der Waals surface area (Å²) < 4.78 is 6.77. The van der Waals surface area contributed by atoms with Gasteiger partial charge < -0.3 is 9.64 Å². The van der Waals surface area contributed by atoms with Gasteiger partial charge in [-0.05, 0) is 32.1 Å². The van der Waals surface area contributed by atoms with Crippen LogP contribution in [0.15, 0.2) is 11.6 Å². The first-order valence-corrected chi connectivity index (χ1v) is 9.13. The normalized spacial score (nSPS) is 36.9. The van der Waals surface area contributed by atoms with E-state index in [1.54, 1.807) is 5.57 Å². The standard InChI is InChI=1S/C19H33NO/c1-19(2,13-20(3)4)18-16-11-6-5-9-14(16)15-10-7-8-12-17(15)21-18/h9,15-18H,5-8,10-13H2,1-4H3/p+1/t15-,16-,17-,18-/m0/s1. The lowest BCUT2D eigenvalue weighted by atomic mass is 9.64. The number of quaternary nitrogens is 1. The zero-order chi connectivity index (χ0) is 15.0. The summed E-state index contributed by atoms with van der Waals surface area (Å²) in [6, 6.07) is 0. The van der Waals surface area contributed by atoms with Gasteiger partial charge in [0.25, 0.3) is 0 Å². The van der Waals surface area contributed by atoms with Crippen LogP contribution in [-0.2, 0) is 4.74 Å². The SMILES string of the molecule is C[NH+](C)CC(C)(C)[C@H]1O[C@H]2CCCC[C@H]2C2=CCCC[C@@H]21. The molecule has 0 unspecified atom stereocenters. The number of hydrogen-bond donors (Lipinski definition) is 1. The maximum atomic E-state index is 6.77. The van der Waals surface area contributed by atoms with Crippen LogP contribution in [0.4, 0.5) is 0 Å². The highest BCUT2D eigenvalue weighted by Crippen LogP contribution is 2.49. The van der Waals surface area contributed by atoms with E-state index in [4.69, 9.17) is 4.74 Å². The number of allylic oxidation sites excluding steroid dienone is 1. The predicted octanol–water partition coefficient (Wildman–Crippen LogP) is 2.84. The van der Waals surface area contributed by atoms with Crippen molar-refractivity contribution in [1.82, 2.24) is 0 Å². The molecule has 2 aliphatic carbocycles. The van der Waals surface area contributed by atoms with Crippen molar-refractivity contribution >= 4 is 0 Å². The summed E-state index contributed by atoms with van der Waals surface area (Å²) in [4.78, 5) is 1.54. The molecule has 2 heteroatoms. The van der Waals surface area contributed by atoms with Crippen molar-refractivity contribution in [2.75, 3.05) is 20.6 Å². The largest absolute Gasteiger partial charge is 0.373 e. The van der Waals surface area contributed by atoms with Crippen LogP contribution in [0.3, 0.4) is 0 Å². The summed E-state index contributed by atoms with van der Waals surface area (Å²) >= 11 is 0. The Morgan fingerprint density at radius 1 is 1.10 bits per heavy atom. The number of fused-ring (bicyclic) bond motifs is 3.